The zero-order chi connectivity index (χ0) is 21.1. The van der Waals surface area contributed by atoms with Gasteiger partial charge in [0.15, 0.2) is 5.92 Å². The van der Waals surface area contributed by atoms with E-state index in [1.807, 2.05) is 43.3 Å². The van der Waals surface area contributed by atoms with Crippen LogP contribution < -0.4 is 20.4 Å². The third-order valence-corrected chi connectivity index (χ3v) is 4.79. The van der Waals surface area contributed by atoms with E-state index in [4.69, 9.17) is 11.6 Å². The molecule has 0 unspecified atom stereocenters. The quantitative estimate of drug-likeness (QED) is 0.733. The van der Waals surface area contributed by atoms with Crippen LogP contribution in [0.25, 0.3) is 0 Å². The summed E-state index contributed by atoms with van der Waals surface area (Å²) in [5.41, 5.74) is 2.46. The lowest BCUT2D eigenvalue weighted by Gasteiger charge is -2.31. The average Bonchev–Trinajstić information content (AvgIpc) is 2.68. The summed E-state index contributed by atoms with van der Waals surface area (Å²) in [6.07, 6.45) is 1.65. The van der Waals surface area contributed by atoms with Gasteiger partial charge in [0.25, 0.3) is 5.91 Å². The summed E-state index contributed by atoms with van der Waals surface area (Å²) in [6.45, 7) is 1.72. The Morgan fingerprint density at radius 1 is 1.07 bits per heavy atom. The van der Waals surface area contributed by atoms with Gasteiger partial charge in [-0.15, -0.1) is 0 Å². The van der Waals surface area contributed by atoms with Crippen molar-refractivity contribution in [2.45, 2.75) is 6.92 Å². The predicted molar refractivity (Wildman–Crippen MR) is 114 cm³/mol. The molecule has 0 spiro atoms. The Kier molecular flexibility index (Phi) is 5.89. The average molecular weight is 413 g/mol. The zero-order valence-electron chi connectivity index (χ0n) is 16.3. The highest BCUT2D eigenvalue weighted by atomic mass is 35.5. The lowest BCUT2D eigenvalue weighted by Crippen LogP contribution is -2.59. The number of hydrogen-bond donors (Lipinski definition) is 2. The van der Waals surface area contributed by atoms with Crippen LogP contribution in [0.15, 0.2) is 60.3 Å². The number of rotatable bonds is 5. The number of anilines is 3. The van der Waals surface area contributed by atoms with E-state index < -0.39 is 23.8 Å². The minimum Gasteiger partial charge on any atom is -0.378 e. The molecule has 150 valence electrons. The van der Waals surface area contributed by atoms with Crippen molar-refractivity contribution in [2.24, 2.45) is 5.92 Å². The molecule has 8 heteroatoms. The SMILES string of the molecule is C/C=C(/Nc1ccc(N(C)C)cc1)[C@H]1C(=O)NC(=O)N(c2ccc(Cl)cc2)C1=O. The van der Waals surface area contributed by atoms with Crippen LogP contribution in [0.1, 0.15) is 6.92 Å². The normalized spacial score (nSPS) is 17.2. The second kappa shape index (κ2) is 8.36. The van der Waals surface area contributed by atoms with E-state index >= 15 is 0 Å². The number of nitrogens with zero attached hydrogens (tertiary/aromatic N) is 2. The van der Waals surface area contributed by atoms with E-state index in [1.165, 1.54) is 0 Å². The molecular formula is C21H21ClN4O3. The Hall–Kier alpha value is -3.32. The summed E-state index contributed by atoms with van der Waals surface area (Å²) in [5, 5.41) is 5.85. The molecule has 0 saturated carbocycles. The number of imide groups is 2. The first-order valence-electron chi connectivity index (χ1n) is 8.96. The second-order valence-electron chi connectivity index (χ2n) is 6.69. The molecule has 1 aliphatic heterocycles. The summed E-state index contributed by atoms with van der Waals surface area (Å²) in [7, 11) is 3.88. The fourth-order valence-corrected chi connectivity index (χ4v) is 3.13. The fourth-order valence-electron chi connectivity index (χ4n) is 3.00. The number of carbonyl (C=O) groups is 3. The number of urea groups is 1. The van der Waals surface area contributed by atoms with Gasteiger partial charge in [-0.05, 0) is 55.5 Å². The van der Waals surface area contributed by atoms with Crippen molar-refractivity contribution in [3.63, 3.8) is 0 Å². The van der Waals surface area contributed by atoms with Crippen molar-refractivity contribution >= 4 is 46.5 Å². The van der Waals surface area contributed by atoms with Gasteiger partial charge in [0.2, 0.25) is 5.91 Å². The maximum Gasteiger partial charge on any atom is 0.335 e. The highest BCUT2D eigenvalue weighted by Gasteiger charge is 2.43. The van der Waals surface area contributed by atoms with Crippen LogP contribution in [0.5, 0.6) is 0 Å². The molecule has 0 aromatic heterocycles. The molecule has 0 radical (unpaired) electrons. The van der Waals surface area contributed by atoms with Crippen LogP contribution in [0.3, 0.4) is 0 Å². The van der Waals surface area contributed by atoms with Crippen LogP contribution >= 0.6 is 11.6 Å². The van der Waals surface area contributed by atoms with Crippen LogP contribution in [0, 0.1) is 5.92 Å². The first kappa shape index (κ1) is 20.4. The molecule has 1 saturated heterocycles. The summed E-state index contributed by atoms with van der Waals surface area (Å²) >= 11 is 5.89. The number of barbiturate groups is 1. The summed E-state index contributed by atoms with van der Waals surface area (Å²) in [5.74, 6) is -2.48. The summed E-state index contributed by atoms with van der Waals surface area (Å²) < 4.78 is 0. The molecule has 4 amide bonds. The van der Waals surface area contributed by atoms with Crippen molar-refractivity contribution < 1.29 is 14.4 Å². The topological polar surface area (TPSA) is 81.8 Å². The van der Waals surface area contributed by atoms with Crippen LogP contribution in [0.2, 0.25) is 5.02 Å². The maximum atomic E-state index is 13.1. The molecule has 1 heterocycles. The standard InChI is InChI=1S/C21H21ClN4O3/c1-4-17(23-14-7-11-15(12-8-14)25(2)3)18-19(27)24-21(29)26(20(18)28)16-9-5-13(22)6-10-16/h4-12,18,23H,1-3H3,(H,24,27,29)/b17-4+/t18-/m0/s1. The lowest BCUT2D eigenvalue weighted by molar-refractivity contribution is -0.132. The number of carbonyl (C=O) groups excluding carboxylic acids is 3. The number of allylic oxidation sites excluding steroid dienone is 1. The summed E-state index contributed by atoms with van der Waals surface area (Å²) in [4.78, 5) is 40.8. The summed E-state index contributed by atoms with van der Waals surface area (Å²) in [6, 6.07) is 13.0. The largest absolute Gasteiger partial charge is 0.378 e. The number of halogens is 1. The lowest BCUT2D eigenvalue weighted by atomic mass is 9.99. The molecule has 0 bridgehead atoms. The number of amides is 4. The first-order chi connectivity index (χ1) is 13.8. The van der Waals surface area contributed by atoms with E-state index in [0.29, 0.717) is 16.4 Å². The van der Waals surface area contributed by atoms with Crippen LogP contribution in [-0.4, -0.2) is 31.9 Å². The molecule has 7 nitrogen and oxygen atoms in total. The number of benzene rings is 2. The van der Waals surface area contributed by atoms with E-state index in [1.54, 1.807) is 37.3 Å². The van der Waals surface area contributed by atoms with Gasteiger partial charge in [-0.25, -0.2) is 9.69 Å². The fraction of sp³-hybridized carbons (Fsp3) is 0.190. The molecule has 3 rings (SSSR count). The molecular weight excluding hydrogens is 392 g/mol. The Labute approximate surface area is 173 Å². The Morgan fingerprint density at radius 2 is 1.69 bits per heavy atom. The molecule has 1 atom stereocenters. The van der Waals surface area contributed by atoms with Gasteiger partial charge < -0.3 is 10.2 Å². The second-order valence-corrected chi connectivity index (χ2v) is 7.12. The minimum absolute atomic E-state index is 0.334. The van der Waals surface area contributed by atoms with Crippen molar-refractivity contribution in [2.75, 3.05) is 29.2 Å². The smallest absolute Gasteiger partial charge is 0.335 e. The van der Waals surface area contributed by atoms with E-state index in [2.05, 4.69) is 10.6 Å². The van der Waals surface area contributed by atoms with Crippen molar-refractivity contribution in [1.82, 2.24) is 5.32 Å². The van der Waals surface area contributed by atoms with E-state index in [0.717, 1.165) is 16.3 Å². The monoisotopic (exact) mass is 412 g/mol. The molecule has 2 N–H and O–H groups in total. The van der Waals surface area contributed by atoms with Crippen LogP contribution in [-0.2, 0) is 9.59 Å². The van der Waals surface area contributed by atoms with Gasteiger partial charge in [0.1, 0.15) is 0 Å². The van der Waals surface area contributed by atoms with Gasteiger partial charge in [0, 0.05) is 36.2 Å². The van der Waals surface area contributed by atoms with Crippen molar-refractivity contribution in [1.29, 1.82) is 0 Å². The molecule has 1 aliphatic rings. The third-order valence-electron chi connectivity index (χ3n) is 4.54. The van der Waals surface area contributed by atoms with Crippen molar-refractivity contribution in [3.8, 4) is 0 Å². The Bertz CT molecular complexity index is 968. The van der Waals surface area contributed by atoms with Crippen molar-refractivity contribution in [3.05, 3.63) is 65.3 Å². The minimum atomic E-state index is -1.18. The number of hydrogen-bond acceptors (Lipinski definition) is 5. The number of nitrogens with one attached hydrogen (secondary N) is 2. The Balaban J connectivity index is 1.87. The van der Waals surface area contributed by atoms with Gasteiger partial charge in [-0.1, -0.05) is 17.7 Å². The first-order valence-corrected chi connectivity index (χ1v) is 9.34. The van der Waals surface area contributed by atoms with E-state index in [-0.39, 0.29) is 0 Å². The highest BCUT2D eigenvalue weighted by Crippen LogP contribution is 2.27. The Morgan fingerprint density at radius 3 is 2.24 bits per heavy atom. The van der Waals surface area contributed by atoms with Gasteiger partial charge >= 0.3 is 6.03 Å². The molecule has 1 fully saturated rings. The molecule has 2 aromatic rings. The van der Waals surface area contributed by atoms with E-state index in [9.17, 15) is 14.4 Å². The predicted octanol–water partition coefficient (Wildman–Crippen LogP) is 3.62. The van der Waals surface area contributed by atoms with Crippen LogP contribution in [0.4, 0.5) is 21.9 Å². The highest BCUT2D eigenvalue weighted by molar-refractivity contribution is 6.31. The molecule has 29 heavy (non-hydrogen) atoms. The molecule has 0 aliphatic carbocycles. The molecule has 2 aromatic carbocycles. The maximum absolute atomic E-state index is 13.1. The zero-order valence-corrected chi connectivity index (χ0v) is 17.0. The van der Waals surface area contributed by atoms with Gasteiger partial charge in [-0.2, -0.15) is 0 Å². The van der Waals surface area contributed by atoms with Gasteiger partial charge in [-0.3, -0.25) is 14.9 Å². The third kappa shape index (κ3) is 4.25. The van der Waals surface area contributed by atoms with Gasteiger partial charge in [0.05, 0.1) is 5.69 Å².